The Labute approximate surface area is 100 Å². The summed E-state index contributed by atoms with van der Waals surface area (Å²) in [5.41, 5.74) is 6.50. The quantitative estimate of drug-likeness (QED) is 0.706. The maximum absolute atomic E-state index is 5.45. The number of aryl methyl sites for hydroxylation is 3. The highest BCUT2D eigenvalue weighted by Gasteiger charge is 2.00. The van der Waals surface area contributed by atoms with E-state index in [-0.39, 0.29) is 0 Å². The van der Waals surface area contributed by atoms with Crippen molar-refractivity contribution in [2.45, 2.75) is 32.4 Å². The van der Waals surface area contributed by atoms with Gasteiger partial charge in [0.05, 0.1) is 18.6 Å². The lowest BCUT2D eigenvalue weighted by Gasteiger charge is -2.00. The van der Waals surface area contributed by atoms with Crippen LogP contribution >= 0.6 is 0 Å². The fourth-order valence-corrected chi connectivity index (χ4v) is 1.65. The molecular formula is C11H18N6. The zero-order valence-corrected chi connectivity index (χ0v) is 9.87. The van der Waals surface area contributed by atoms with Crippen molar-refractivity contribution in [2.24, 2.45) is 5.73 Å². The Hall–Kier alpha value is -1.69. The van der Waals surface area contributed by atoms with E-state index in [1.807, 2.05) is 21.6 Å². The molecule has 0 saturated heterocycles. The van der Waals surface area contributed by atoms with Crippen molar-refractivity contribution in [1.29, 1.82) is 0 Å². The monoisotopic (exact) mass is 234 g/mol. The van der Waals surface area contributed by atoms with Crippen molar-refractivity contribution < 1.29 is 0 Å². The molecule has 0 unspecified atom stereocenters. The molecule has 0 aliphatic carbocycles. The van der Waals surface area contributed by atoms with Crippen molar-refractivity contribution >= 4 is 0 Å². The Morgan fingerprint density at radius 1 is 1.24 bits per heavy atom. The van der Waals surface area contributed by atoms with Gasteiger partial charge >= 0.3 is 0 Å². The minimum atomic E-state index is 0.745. The van der Waals surface area contributed by atoms with Crippen molar-refractivity contribution in [3.05, 3.63) is 30.6 Å². The molecular weight excluding hydrogens is 216 g/mol. The lowest BCUT2D eigenvalue weighted by atomic mass is 10.2. The van der Waals surface area contributed by atoms with Gasteiger partial charge in [-0.3, -0.25) is 4.68 Å². The van der Waals surface area contributed by atoms with Gasteiger partial charge in [-0.1, -0.05) is 5.21 Å². The Morgan fingerprint density at radius 3 is 2.94 bits per heavy atom. The Morgan fingerprint density at radius 2 is 2.18 bits per heavy atom. The van der Waals surface area contributed by atoms with Crippen LogP contribution in [0.15, 0.2) is 24.9 Å². The second-order valence-corrected chi connectivity index (χ2v) is 4.02. The Bertz CT molecular complexity index is 419. The van der Waals surface area contributed by atoms with Gasteiger partial charge < -0.3 is 10.3 Å². The van der Waals surface area contributed by atoms with E-state index >= 15 is 0 Å². The van der Waals surface area contributed by atoms with Gasteiger partial charge in [-0.15, -0.1) is 5.10 Å². The number of nitrogens with zero attached hydrogens (tertiary/aromatic N) is 5. The molecule has 0 atom stereocenters. The summed E-state index contributed by atoms with van der Waals surface area (Å²) >= 11 is 0. The lowest BCUT2D eigenvalue weighted by Crippen LogP contribution is -2.06. The first kappa shape index (κ1) is 11.8. The van der Waals surface area contributed by atoms with Gasteiger partial charge in [0.1, 0.15) is 0 Å². The summed E-state index contributed by atoms with van der Waals surface area (Å²) in [4.78, 5) is 4.00. The highest BCUT2D eigenvalue weighted by atomic mass is 15.4. The molecule has 0 radical (unpaired) electrons. The minimum absolute atomic E-state index is 0.745. The van der Waals surface area contributed by atoms with Gasteiger partial charge in [-0.25, -0.2) is 4.98 Å². The van der Waals surface area contributed by atoms with E-state index in [4.69, 9.17) is 5.73 Å². The molecule has 0 amide bonds. The van der Waals surface area contributed by atoms with Gasteiger partial charge in [0, 0.05) is 25.1 Å². The first-order valence-electron chi connectivity index (χ1n) is 5.93. The average Bonchev–Trinajstić information content (AvgIpc) is 2.98. The topological polar surface area (TPSA) is 74.5 Å². The molecule has 2 N–H and O–H groups in total. The van der Waals surface area contributed by atoms with Crippen molar-refractivity contribution in [2.75, 3.05) is 6.54 Å². The molecule has 2 aromatic rings. The first-order chi connectivity index (χ1) is 8.38. The van der Waals surface area contributed by atoms with Gasteiger partial charge in [0.25, 0.3) is 0 Å². The van der Waals surface area contributed by atoms with Crippen molar-refractivity contribution in [1.82, 2.24) is 24.5 Å². The van der Waals surface area contributed by atoms with Crippen LogP contribution in [0.4, 0.5) is 0 Å². The van der Waals surface area contributed by atoms with E-state index in [1.54, 1.807) is 12.5 Å². The second-order valence-electron chi connectivity index (χ2n) is 4.02. The first-order valence-corrected chi connectivity index (χ1v) is 5.93. The van der Waals surface area contributed by atoms with Gasteiger partial charge in [-0.05, 0) is 25.8 Å². The summed E-state index contributed by atoms with van der Waals surface area (Å²) in [6, 6.07) is 0. The summed E-state index contributed by atoms with van der Waals surface area (Å²) in [5.74, 6) is 0. The van der Waals surface area contributed by atoms with Crippen LogP contribution in [-0.4, -0.2) is 31.1 Å². The number of unbranched alkanes of at least 4 members (excludes halogenated alkanes) is 1. The summed E-state index contributed by atoms with van der Waals surface area (Å²) in [6.07, 6.45) is 10.6. The normalized spacial score (nSPS) is 10.9. The predicted molar refractivity (Wildman–Crippen MR) is 64.2 cm³/mol. The van der Waals surface area contributed by atoms with Crippen LogP contribution in [0.2, 0.25) is 0 Å². The van der Waals surface area contributed by atoms with Crippen LogP contribution < -0.4 is 5.73 Å². The van der Waals surface area contributed by atoms with Crippen LogP contribution in [0.25, 0.3) is 0 Å². The molecule has 92 valence electrons. The molecule has 2 aromatic heterocycles. The van der Waals surface area contributed by atoms with E-state index in [2.05, 4.69) is 15.3 Å². The fraction of sp³-hybridized carbons (Fsp3) is 0.545. The van der Waals surface area contributed by atoms with E-state index in [1.165, 1.54) is 0 Å². The van der Waals surface area contributed by atoms with Crippen LogP contribution in [0.3, 0.4) is 0 Å². The average molecular weight is 234 g/mol. The number of aromatic nitrogens is 5. The highest BCUT2D eigenvalue weighted by Crippen LogP contribution is 2.00. The second kappa shape index (κ2) is 6.15. The van der Waals surface area contributed by atoms with Crippen LogP contribution in [0.1, 0.15) is 18.5 Å². The van der Waals surface area contributed by atoms with Crippen LogP contribution in [-0.2, 0) is 19.5 Å². The van der Waals surface area contributed by atoms with E-state index < -0.39 is 0 Å². The molecule has 17 heavy (non-hydrogen) atoms. The molecule has 2 rings (SSSR count). The zero-order chi connectivity index (χ0) is 11.9. The van der Waals surface area contributed by atoms with E-state index in [0.29, 0.717) is 0 Å². The fourth-order valence-electron chi connectivity index (χ4n) is 1.65. The SMILES string of the molecule is NCCCCc1cn(CCn2ccnc2)nn1. The number of nitrogens with two attached hydrogens (primary N) is 1. The summed E-state index contributed by atoms with van der Waals surface area (Å²) < 4.78 is 3.90. The third kappa shape index (κ3) is 3.67. The van der Waals surface area contributed by atoms with E-state index in [0.717, 1.165) is 44.6 Å². The number of hydrogen-bond donors (Lipinski definition) is 1. The zero-order valence-electron chi connectivity index (χ0n) is 9.87. The Balaban J connectivity index is 1.77. The van der Waals surface area contributed by atoms with Crippen molar-refractivity contribution in [3.8, 4) is 0 Å². The lowest BCUT2D eigenvalue weighted by molar-refractivity contribution is 0.519. The summed E-state index contributed by atoms with van der Waals surface area (Å²) in [6.45, 7) is 2.43. The third-order valence-corrected chi connectivity index (χ3v) is 2.62. The van der Waals surface area contributed by atoms with E-state index in [9.17, 15) is 0 Å². The Kier molecular flexibility index (Phi) is 4.26. The standard InChI is InChI=1S/C11H18N6/c12-4-2-1-3-11-9-17(15-14-11)8-7-16-6-5-13-10-16/h5-6,9-10H,1-4,7-8,12H2. The van der Waals surface area contributed by atoms with Gasteiger partial charge in [0.15, 0.2) is 0 Å². The molecule has 6 nitrogen and oxygen atoms in total. The largest absolute Gasteiger partial charge is 0.336 e. The molecule has 0 aromatic carbocycles. The third-order valence-electron chi connectivity index (χ3n) is 2.62. The van der Waals surface area contributed by atoms with Crippen molar-refractivity contribution in [3.63, 3.8) is 0 Å². The number of rotatable bonds is 7. The molecule has 0 spiro atoms. The highest BCUT2D eigenvalue weighted by molar-refractivity contribution is 4.92. The molecule has 6 heteroatoms. The van der Waals surface area contributed by atoms with Crippen LogP contribution in [0, 0.1) is 0 Å². The molecule has 2 heterocycles. The van der Waals surface area contributed by atoms with Gasteiger partial charge in [0.2, 0.25) is 0 Å². The van der Waals surface area contributed by atoms with Crippen LogP contribution in [0.5, 0.6) is 0 Å². The molecule has 0 aliphatic rings. The maximum Gasteiger partial charge on any atom is 0.0946 e. The summed E-state index contributed by atoms with van der Waals surface area (Å²) in [5, 5.41) is 8.23. The molecule has 0 bridgehead atoms. The molecule has 0 aliphatic heterocycles. The molecule has 0 saturated carbocycles. The predicted octanol–water partition coefficient (Wildman–Crippen LogP) is 0.456. The maximum atomic E-state index is 5.45. The minimum Gasteiger partial charge on any atom is -0.336 e. The number of hydrogen-bond acceptors (Lipinski definition) is 4. The summed E-state index contributed by atoms with van der Waals surface area (Å²) in [7, 11) is 0. The molecule has 0 fully saturated rings. The number of imidazole rings is 1. The van der Waals surface area contributed by atoms with Gasteiger partial charge in [-0.2, -0.15) is 0 Å². The smallest absolute Gasteiger partial charge is 0.0946 e.